The summed E-state index contributed by atoms with van der Waals surface area (Å²) in [6.07, 6.45) is 0. The van der Waals surface area contributed by atoms with Gasteiger partial charge in [0.05, 0.1) is 11.2 Å². The van der Waals surface area contributed by atoms with Crippen LogP contribution in [0.1, 0.15) is 46.0 Å². The predicted octanol–water partition coefficient (Wildman–Crippen LogP) is 4.07. The number of benzene rings is 1. The fourth-order valence-corrected chi connectivity index (χ4v) is 2.24. The lowest BCUT2D eigenvalue weighted by molar-refractivity contribution is 0.00578. The summed E-state index contributed by atoms with van der Waals surface area (Å²) in [6.45, 7) is 10.4. The minimum absolute atomic E-state index is 0.157. The first-order valence-corrected chi connectivity index (χ1v) is 6.72. The highest BCUT2D eigenvalue weighted by atomic mass is 35.5. The molecule has 1 heterocycles. The van der Waals surface area contributed by atoms with Crippen molar-refractivity contribution in [2.75, 3.05) is 0 Å². The van der Waals surface area contributed by atoms with E-state index in [2.05, 4.69) is 40.7 Å². The van der Waals surface area contributed by atoms with Crippen LogP contribution in [0.2, 0.25) is 5.02 Å². The number of rotatable bonds is 2. The zero-order chi connectivity index (χ0) is 13.6. The molecule has 1 fully saturated rings. The smallest absolute Gasteiger partial charge is 0.403 e. The van der Waals surface area contributed by atoms with Crippen LogP contribution in [0.5, 0.6) is 0 Å². The van der Waals surface area contributed by atoms with Gasteiger partial charge in [-0.05, 0) is 45.4 Å². The predicted molar refractivity (Wildman–Crippen MR) is 75.9 cm³/mol. The van der Waals surface area contributed by atoms with Gasteiger partial charge in [0.25, 0.3) is 0 Å². The van der Waals surface area contributed by atoms with Gasteiger partial charge in [0.2, 0.25) is 0 Å². The molecule has 0 N–H and O–H groups in total. The third-order valence-corrected chi connectivity index (χ3v) is 4.29. The molecular weight excluding hydrogens is 246 g/mol. The lowest BCUT2D eigenvalue weighted by Gasteiger charge is -2.32. The van der Waals surface area contributed by atoms with E-state index in [1.807, 2.05) is 18.2 Å². The maximum Gasteiger partial charge on any atom is 0.465 e. The Balaban J connectivity index is 2.20. The second-order valence-corrected chi connectivity index (χ2v) is 6.40. The Morgan fingerprint density at radius 3 is 2.17 bits per heavy atom. The highest BCUT2D eigenvalue weighted by Gasteiger charge is 2.52. The Morgan fingerprint density at radius 1 is 1.11 bits per heavy atom. The van der Waals surface area contributed by atoms with Gasteiger partial charge in [-0.25, -0.2) is 0 Å². The van der Waals surface area contributed by atoms with E-state index in [1.165, 1.54) is 0 Å². The van der Waals surface area contributed by atoms with Crippen LogP contribution in [0.4, 0.5) is 0 Å². The van der Waals surface area contributed by atoms with Crippen LogP contribution in [0.15, 0.2) is 24.3 Å². The van der Waals surface area contributed by atoms with E-state index >= 15 is 0 Å². The van der Waals surface area contributed by atoms with Gasteiger partial charge in [-0.2, -0.15) is 0 Å². The van der Waals surface area contributed by atoms with E-state index in [0.29, 0.717) is 0 Å². The molecule has 0 aliphatic carbocycles. The molecule has 0 saturated carbocycles. The van der Waals surface area contributed by atoms with Gasteiger partial charge in [-0.15, -0.1) is 0 Å². The van der Waals surface area contributed by atoms with Crippen molar-refractivity contribution in [2.45, 2.75) is 51.6 Å². The lowest BCUT2D eigenvalue weighted by Crippen LogP contribution is -2.41. The Morgan fingerprint density at radius 2 is 1.67 bits per heavy atom. The summed E-state index contributed by atoms with van der Waals surface area (Å²) >= 11 is 6.03. The fourth-order valence-electron chi connectivity index (χ4n) is 2.04. The Labute approximate surface area is 115 Å². The minimum atomic E-state index is -0.287. The maximum atomic E-state index is 6.05. The van der Waals surface area contributed by atoms with Gasteiger partial charge in [-0.3, -0.25) is 0 Å². The van der Waals surface area contributed by atoms with Crippen LogP contribution < -0.4 is 0 Å². The monoisotopic (exact) mass is 266 g/mol. The molecule has 1 atom stereocenters. The molecular formula is C14H20BClO2. The van der Waals surface area contributed by atoms with Crippen molar-refractivity contribution in [3.05, 3.63) is 34.9 Å². The van der Waals surface area contributed by atoms with Crippen molar-refractivity contribution < 1.29 is 9.31 Å². The second-order valence-electron chi connectivity index (χ2n) is 5.97. The summed E-state index contributed by atoms with van der Waals surface area (Å²) in [5.74, 6) is 0.157. The molecule has 2 nitrogen and oxygen atoms in total. The zero-order valence-electron chi connectivity index (χ0n) is 11.7. The normalized spacial score (nSPS) is 23.1. The fraction of sp³-hybridized carbons (Fsp3) is 0.571. The van der Waals surface area contributed by atoms with Crippen molar-refractivity contribution >= 4 is 18.7 Å². The molecule has 18 heavy (non-hydrogen) atoms. The molecule has 1 aliphatic heterocycles. The molecule has 1 aliphatic rings. The quantitative estimate of drug-likeness (QED) is 0.751. The van der Waals surface area contributed by atoms with E-state index in [4.69, 9.17) is 20.9 Å². The van der Waals surface area contributed by atoms with Crippen LogP contribution in [0.3, 0.4) is 0 Å². The first-order valence-electron chi connectivity index (χ1n) is 6.34. The zero-order valence-corrected chi connectivity index (χ0v) is 12.4. The van der Waals surface area contributed by atoms with Gasteiger partial charge in [0.15, 0.2) is 0 Å². The molecule has 0 radical (unpaired) electrons. The molecule has 1 aromatic carbocycles. The first-order chi connectivity index (χ1) is 8.23. The molecule has 0 unspecified atom stereocenters. The molecule has 1 saturated heterocycles. The second kappa shape index (κ2) is 4.55. The summed E-state index contributed by atoms with van der Waals surface area (Å²) in [5.41, 5.74) is 0.565. The topological polar surface area (TPSA) is 18.5 Å². The molecule has 1 aromatic rings. The van der Waals surface area contributed by atoms with E-state index in [0.717, 1.165) is 10.6 Å². The molecule has 2 rings (SSSR count). The third kappa shape index (κ3) is 2.44. The SMILES string of the molecule is C[C@@H](B1OC(C)(C)C(C)(C)O1)c1cccc(Cl)c1. The van der Waals surface area contributed by atoms with E-state index in [1.54, 1.807) is 0 Å². The molecule has 0 aromatic heterocycles. The summed E-state index contributed by atoms with van der Waals surface area (Å²) in [7, 11) is -0.228. The van der Waals surface area contributed by atoms with E-state index in [9.17, 15) is 0 Å². The largest absolute Gasteiger partial charge is 0.465 e. The molecule has 0 bridgehead atoms. The van der Waals surface area contributed by atoms with Gasteiger partial charge >= 0.3 is 7.12 Å². The Hall–Kier alpha value is -0.505. The van der Waals surface area contributed by atoms with Crippen LogP contribution in [0, 0.1) is 0 Å². The van der Waals surface area contributed by atoms with Crippen LogP contribution in [-0.4, -0.2) is 18.3 Å². The van der Waals surface area contributed by atoms with Crippen LogP contribution >= 0.6 is 11.6 Å². The van der Waals surface area contributed by atoms with Crippen molar-refractivity contribution in [3.63, 3.8) is 0 Å². The Kier molecular flexibility index (Phi) is 3.52. The van der Waals surface area contributed by atoms with E-state index in [-0.39, 0.29) is 24.1 Å². The van der Waals surface area contributed by atoms with Gasteiger partial charge < -0.3 is 9.31 Å². The van der Waals surface area contributed by atoms with Crippen molar-refractivity contribution in [3.8, 4) is 0 Å². The highest BCUT2D eigenvalue weighted by molar-refractivity contribution is 6.47. The van der Waals surface area contributed by atoms with Gasteiger partial charge in [0, 0.05) is 10.8 Å². The Bertz CT molecular complexity index is 429. The van der Waals surface area contributed by atoms with Crippen LogP contribution in [-0.2, 0) is 9.31 Å². The summed E-state index contributed by atoms with van der Waals surface area (Å²) in [4.78, 5) is 0. The third-order valence-electron chi connectivity index (χ3n) is 4.05. The summed E-state index contributed by atoms with van der Waals surface area (Å²) < 4.78 is 12.1. The average molecular weight is 267 g/mol. The minimum Gasteiger partial charge on any atom is -0.403 e. The number of hydrogen-bond donors (Lipinski definition) is 0. The standard InChI is InChI=1S/C14H20BClO2/c1-10(11-7-6-8-12(16)9-11)15-17-13(2,3)14(4,5)18-15/h6-10H,1-5H3/t10-/m1/s1. The highest BCUT2D eigenvalue weighted by Crippen LogP contribution is 2.40. The lowest BCUT2D eigenvalue weighted by atomic mass is 9.69. The molecule has 4 heteroatoms. The van der Waals surface area contributed by atoms with E-state index < -0.39 is 0 Å². The van der Waals surface area contributed by atoms with Crippen molar-refractivity contribution in [1.82, 2.24) is 0 Å². The molecule has 0 amide bonds. The number of halogens is 1. The molecule has 0 spiro atoms. The summed E-state index contributed by atoms with van der Waals surface area (Å²) in [5, 5.41) is 0.746. The summed E-state index contributed by atoms with van der Waals surface area (Å²) in [6, 6.07) is 7.86. The molecule has 98 valence electrons. The number of hydrogen-bond acceptors (Lipinski definition) is 2. The van der Waals surface area contributed by atoms with Crippen molar-refractivity contribution in [1.29, 1.82) is 0 Å². The maximum absolute atomic E-state index is 6.05. The average Bonchev–Trinajstić information content (AvgIpc) is 2.47. The van der Waals surface area contributed by atoms with Gasteiger partial charge in [0.1, 0.15) is 0 Å². The van der Waals surface area contributed by atoms with Crippen molar-refractivity contribution in [2.24, 2.45) is 0 Å². The van der Waals surface area contributed by atoms with Gasteiger partial charge in [-0.1, -0.05) is 30.7 Å². The first kappa shape index (κ1) is 13.9. The van der Waals surface area contributed by atoms with Crippen LogP contribution in [0.25, 0.3) is 0 Å².